The van der Waals surface area contributed by atoms with Crippen molar-refractivity contribution in [2.24, 2.45) is 7.05 Å². The van der Waals surface area contributed by atoms with Gasteiger partial charge < -0.3 is 5.32 Å². The minimum atomic E-state index is -0.341. The number of amides is 1. The lowest BCUT2D eigenvalue weighted by Gasteiger charge is -2.19. The number of nitrogens with one attached hydrogen (secondary N) is 1. The van der Waals surface area contributed by atoms with Crippen molar-refractivity contribution in [3.63, 3.8) is 0 Å². The van der Waals surface area contributed by atoms with Gasteiger partial charge in [-0.1, -0.05) is 54.9 Å². The number of aryl methyl sites for hydroxylation is 1. The SMILES string of the molecule is Cn1nnnc1SC(C(=O)NC1CCCC1)c1ccccc1. The van der Waals surface area contributed by atoms with E-state index in [2.05, 4.69) is 20.8 Å². The van der Waals surface area contributed by atoms with E-state index in [4.69, 9.17) is 0 Å². The van der Waals surface area contributed by atoms with Gasteiger partial charge in [-0.05, 0) is 28.8 Å². The lowest BCUT2D eigenvalue weighted by atomic mass is 10.1. The zero-order valence-corrected chi connectivity index (χ0v) is 13.3. The number of aromatic nitrogens is 4. The Hall–Kier alpha value is -1.89. The van der Waals surface area contributed by atoms with Gasteiger partial charge in [0.05, 0.1) is 0 Å². The molecule has 0 radical (unpaired) electrons. The first-order valence-electron chi connectivity index (χ1n) is 7.48. The Morgan fingerprint density at radius 1 is 1.32 bits per heavy atom. The number of carbonyl (C=O) groups is 1. The van der Waals surface area contributed by atoms with E-state index in [-0.39, 0.29) is 11.2 Å². The number of nitrogens with zero attached hydrogens (tertiary/aromatic N) is 4. The van der Waals surface area contributed by atoms with E-state index >= 15 is 0 Å². The molecule has 0 aliphatic heterocycles. The van der Waals surface area contributed by atoms with Crippen molar-refractivity contribution in [2.75, 3.05) is 0 Å². The Morgan fingerprint density at radius 2 is 2.05 bits per heavy atom. The van der Waals surface area contributed by atoms with Crippen LogP contribution in [0.4, 0.5) is 0 Å². The molecule has 1 fully saturated rings. The van der Waals surface area contributed by atoms with Crippen LogP contribution in [-0.4, -0.2) is 32.2 Å². The summed E-state index contributed by atoms with van der Waals surface area (Å²) >= 11 is 1.38. The highest BCUT2D eigenvalue weighted by atomic mass is 32.2. The first-order chi connectivity index (χ1) is 10.7. The molecule has 2 aromatic rings. The molecule has 1 heterocycles. The van der Waals surface area contributed by atoms with E-state index in [1.54, 1.807) is 11.7 Å². The molecule has 1 saturated carbocycles. The van der Waals surface area contributed by atoms with Gasteiger partial charge in [-0.3, -0.25) is 4.79 Å². The van der Waals surface area contributed by atoms with E-state index in [1.807, 2.05) is 30.3 Å². The van der Waals surface area contributed by atoms with Gasteiger partial charge in [-0.25, -0.2) is 4.68 Å². The largest absolute Gasteiger partial charge is 0.352 e. The molecule has 1 aliphatic carbocycles. The van der Waals surface area contributed by atoms with Crippen LogP contribution in [0, 0.1) is 0 Å². The van der Waals surface area contributed by atoms with Crippen molar-refractivity contribution in [3.05, 3.63) is 35.9 Å². The van der Waals surface area contributed by atoms with Crippen LogP contribution < -0.4 is 5.32 Å². The maximum absolute atomic E-state index is 12.7. The van der Waals surface area contributed by atoms with Crippen LogP contribution in [0.1, 0.15) is 36.5 Å². The fourth-order valence-electron chi connectivity index (χ4n) is 2.67. The number of benzene rings is 1. The molecular weight excluding hydrogens is 298 g/mol. The summed E-state index contributed by atoms with van der Waals surface area (Å²) in [5, 5.41) is 14.9. The van der Waals surface area contributed by atoms with Crippen LogP contribution in [0.25, 0.3) is 0 Å². The van der Waals surface area contributed by atoms with Gasteiger partial charge >= 0.3 is 0 Å². The highest BCUT2D eigenvalue weighted by Crippen LogP contribution is 2.34. The molecule has 1 aliphatic rings. The van der Waals surface area contributed by atoms with Crippen LogP contribution in [0.2, 0.25) is 0 Å². The molecule has 0 bridgehead atoms. The van der Waals surface area contributed by atoms with E-state index in [1.165, 1.54) is 24.6 Å². The fraction of sp³-hybridized carbons (Fsp3) is 0.467. The molecule has 0 saturated heterocycles. The summed E-state index contributed by atoms with van der Waals surface area (Å²) in [6, 6.07) is 10.1. The normalized spacial score (nSPS) is 16.6. The summed E-state index contributed by atoms with van der Waals surface area (Å²) in [5.41, 5.74) is 0.964. The number of tetrazole rings is 1. The summed E-state index contributed by atoms with van der Waals surface area (Å²) in [5.74, 6) is 0.0334. The predicted molar refractivity (Wildman–Crippen MR) is 84.2 cm³/mol. The Balaban J connectivity index is 1.79. The topological polar surface area (TPSA) is 72.7 Å². The smallest absolute Gasteiger partial charge is 0.238 e. The monoisotopic (exact) mass is 317 g/mol. The van der Waals surface area contributed by atoms with Gasteiger partial charge in [0.2, 0.25) is 11.1 Å². The number of hydrogen-bond donors (Lipinski definition) is 1. The molecule has 3 rings (SSSR count). The minimum absolute atomic E-state index is 0.0334. The summed E-state index contributed by atoms with van der Waals surface area (Å²) in [6.07, 6.45) is 4.54. The van der Waals surface area contributed by atoms with E-state index in [9.17, 15) is 4.79 Å². The van der Waals surface area contributed by atoms with Crippen molar-refractivity contribution >= 4 is 17.7 Å². The van der Waals surface area contributed by atoms with Crippen molar-refractivity contribution in [1.82, 2.24) is 25.5 Å². The van der Waals surface area contributed by atoms with Crippen molar-refractivity contribution in [2.45, 2.75) is 42.1 Å². The summed E-state index contributed by atoms with van der Waals surface area (Å²) in [4.78, 5) is 12.7. The lowest BCUT2D eigenvalue weighted by molar-refractivity contribution is -0.121. The first-order valence-corrected chi connectivity index (χ1v) is 8.36. The third-order valence-electron chi connectivity index (χ3n) is 3.85. The van der Waals surface area contributed by atoms with Crippen LogP contribution in [0.15, 0.2) is 35.5 Å². The second-order valence-corrected chi connectivity index (χ2v) is 6.56. The van der Waals surface area contributed by atoms with Crippen molar-refractivity contribution in [1.29, 1.82) is 0 Å². The van der Waals surface area contributed by atoms with Gasteiger partial charge in [0.15, 0.2) is 0 Å². The molecule has 22 heavy (non-hydrogen) atoms. The zero-order valence-electron chi connectivity index (χ0n) is 12.5. The van der Waals surface area contributed by atoms with Crippen LogP contribution in [-0.2, 0) is 11.8 Å². The molecular formula is C15H19N5OS. The van der Waals surface area contributed by atoms with Gasteiger partial charge in [-0.2, -0.15) is 0 Å². The average Bonchev–Trinajstić information content (AvgIpc) is 3.17. The Morgan fingerprint density at radius 3 is 2.68 bits per heavy atom. The summed E-state index contributed by atoms with van der Waals surface area (Å²) in [6.45, 7) is 0. The zero-order chi connectivity index (χ0) is 15.4. The van der Waals surface area contributed by atoms with Crippen molar-refractivity contribution in [3.8, 4) is 0 Å². The second-order valence-electron chi connectivity index (χ2n) is 5.48. The maximum Gasteiger partial charge on any atom is 0.238 e. The summed E-state index contributed by atoms with van der Waals surface area (Å²) < 4.78 is 1.59. The molecule has 1 aromatic heterocycles. The number of hydrogen-bond acceptors (Lipinski definition) is 5. The predicted octanol–water partition coefficient (Wildman–Crippen LogP) is 2.10. The van der Waals surface area contributed by atoms with E-state index in [0.29, 0.717) is 11.2 Å². The Labute approximate surface area is 133 Å². The van der Waals surface area contributed by atoms with Gasteiger partial charge in [0, 0.05) is 13.1 Å². The van der Waals surface area contributed by atoms with Crippen LogP contribution >= 0.6 is 11.8 Å². The molecule has 1 aromatic carbocycles. The molecule has 1 amide bonds. The minimum Gasteiger partial charge on any atom is -0.352 e. The van der Waals surface area contributed by atoms with Gasteiger partial charge in [-0.15, -0.1) is 5.10 Å². The second kappa shape index (κ2) is 6.91. The summed E-state index contributed by atoms with van der Waals surface area (Å²) in [7, 11) is 1.78. The number of carbonyl (C=O) groups excluding carboxylic acids is 1. The molecule has 0 spiro atoms. The number of thioether (sulfide) groups is 1. The third-order valence-corrected chi connectivity index (χ3v) is 5.13. The molecule has 7 heteroatoms. The molecule has 1 N–H and O–H groups in total. The lowest BCUT2D eigenvalue weighted by Crippen LogP contribution is -2.35. The quantitative estimate of drug-likeness (QED) is 0.855. The maximum atomic E-state index is 12.7. The standard InChI is InChI=1S/C15H19N5OS/c1-20-15(17-18-19-20)22-13(11-7-3-2-4-8-11)14(21)16-12-9-5-6-10-12/h2-4,7-8,12-13H,5-6,9-10H2,1H3,(H,16,21). The first kappa shape index (κ1) is 15.0. The Bertz CT molecular complexity index is 624. The highest BCUT2D eigenvalue weighted by molar-refractivity contribution is 8.00. The molecule has 116 valence electrons. The van der Waals surface area contributed by atoms with E-state index in [0.717, 1.165) is 18.4 Å². The van der Waals surface area contributed by atoms with Crippen LogP contribution in [0.5, 0.6) is 0 Å². The average molecular weight is 317 g/mol. The van der Waals surface area contributed by atoms with Crippen molar-refractivity contribution < 1.29 is 4.79 Å². The molecule has 1 atom stereocenters. The van der Waals surface area contributed by atoms with Crippen LogP contribution in [0.3, 0.4) is 0 Å². The molecule has 1 unspecified atom stereocenters. The number of rotatable bonds is 5. The fourth-order valence-corrected chi connectivity index (χ4v) is 3.63. The Kier molecular flexibility index (Phi) is 4.72. The van der Waals surface area contributed by atoms with E-state index < -0.39 is 0 Å². The molecule has 6 nitrogen and oxygen atoms in total. The third kappa shape index (κ3) is 3.47. The van der Waals surface area contributed by atoms with Gasteiger partial charge in [0.1, 0.15) is 5.25 Å². The highest BCUT2D eigenvalue weighted by Gasteiger charge is 2.27. The van der Waals surface area contributed by atoms with Gasteiger partial charge in [0.25, 0.3) is 0 Å².